The van der Waals surface area contributed by atoms with Crippen LogP contribution >= 0.6 is 0 Å². The fourth-order valence-corrected chi connectivity index (χ4v) is 1.98. The van der Waals surface area contributed by atoms with E-state index in [1.165, 1.54) is 6.20 Å². The Hall–Kier alpha value is -2.12. The number of halogens is 3. The molecule has 1 aromatic rings. The first kappa shape index (κ1) is 14.3. The second-order valence-electron chi connectivity index (χ2n) is 4.49. The lowest BCUT2D eigenvalue weighted by Crippen LogP contribution is -2.36. The number of alkyl halides is 3. The monoisotopic (exact) mass is 287 g/mol. The first-order valence-corrected chi connectivity index (χ1v) is 5.91. The minimum Gasteiger partial charge on any atom is -0.333 e. The predicted octanol–water partition coefficient (Wildman–Crippen LogP) is 1.43. The summed E-state index contributed by atoms with van der Waals surface area (Å²) in [5, 5.41) is 2.48. The van der Waals surface area contributed by atoms with Gasteiger partial charge in [0, 0.05) is 19.2 Å². The van der Waals surface area contributed by atoms with Crippen LogP contribution in [0.5, 0.6) is 0 Å². The topological polar surface area (TPSA) is 62.3 Å². The third-order valence-electron chi connectivity index (χ3n) is 2.87. The van der Waals surface area contributed by atoms with E-state index in [0.29, 0.717) is 10.7 Å². The predicted molar refractivity (Wildman–Crippen MR) is 63.6 cm³/mol. The number of carbonyl (C=O) groups is 2. The van der Waals surface area contributed by atoms with Crippen molar-refractivity contribution in [1.29, 1.82) is 0 Å². The molecule has 2 rings (SSSR count). The Kier molecular flexibility index (Phi) is 3.91. The summed E-state index contributed by atoms with van der Waals surface area (Å²) in [7, 11) is 0. The molecule has 20 heavy (non-hydrogen) atoms. The molecular formula is C12H12F3N3O2. The largest absolute Gasteiger partial charge is 0.406 e. The standard InChI is InChI=1S/C12H12F3N3O2/c13-12(14,15)7-18-6-8(5-10(18)19)11(20)17-9-3-1-2-4-16-9/h1-4,8H,5-7H2,(H,16,17,20). The molecular weight excluding hydrogens is 275 g/mol. The van der Waals surface area contributed by atoms with Crippen molar-refractivity contribution in [2.75, 3.05) is 18.4 Å². The highest BCUT2D eigenvalue weighted by atomic mass is 19.4. The Morgan fingerprint density at radius 3 is 2.80 bits per heavy atom. The van der Waals surface area contributed by atoms with Gasteiger partial charge in [0.1, 0.15) is 12.4 Å². The van der Waals surface area contributed by atoms with Crippen LogP contribution in [0, 0.1) is 5.92 Å². The molecule has 1 saturated heterocycles. The van der Waals surface area contributed by atoms with Gasteiger partial charge in [-0.2, -0.15) is 13.2 Å². The van der Waals surface area contributed by atoms with E-state index >= 15 is 0 Å². The lowest BCUT2D eigenvalue weighted by molar-refractivity contribution is -0.157. The number of amides is 2. The normalized spacial score (nSPS) is 19.2. The average Bonchev–Trinajstić information content (AvgIpc) is 2.70. The zero-order valence-corrected chi connectivity index (χ0v) is 10.4. The number of rotatable bonds is 3. The van der Waals surface area contributed by atoms with Gasteiger partial charge in [0.25, 0.3) is 0 Å². The summed E-state index contributed by atoms with van der Waals surface area (Å²) in [6.45, 7) is -1.55. The second-order valence-corrected chi connectivity index (χ2v) is 4.49. The molecule has 1 fully saturated rings. The van der Waals surface area contributed by atoms with Gasteiger partial charge in [-0.25, -0.2) is 4.98 Å². The first-order valence-electron chi connectivity index (χ1n) is 5.91. The molecule has 0 bridgehead atoms. The minimum atomic E-state index is -4.46. The van der Waals surface area contributed by atoms with Gasteiger partial charge in [-0.15, -0.1) is 0 Å². The molecule has 1 unspecified atom stereocenters. The Bertz CT molecular complexity index is 504. The van der Waals surface area contributed by atoms with Crippen molar-refractivity contribution in [3.05, 3.63) is 24.4 Å². The number of anilines is 1. The molecule has 2 heterocycles. The number of nitrogens with one attached hydrogen (secondary N) is 1. The van der Waals surface area contributed by atoms with E-state index < -0.39 is 30.5 Å². The van der Waals surface area contributed by atoms with Gasteiger partial charge in [-0.3, -0.25) is 9.59 Å². The summed E-state index contributed by atoms with van der Waals surface area (Å²) in [6.07, 6.45) is -3.19. The number of pyridine rings is 1. The van der Waals surface area contributed by atoms with E-state index in [-0.39, 0.29) is 13.0 Å². The SMILES string of the molecule is O=C(Nc1ccccn1)C1CC(=O)N(CC(F)(F)F)C1. The highest BCUT2D eigenvalue weighted by molar-refractivity contribution is 5.96. The summed E-state index contributed by atoms with van der Waals surface area (Å²) < 4.78 is 36.8. The Balaban J connectivity index is 1.94. The van der Waals surface area contributed by atoms with Crippen molar-refractivity contribution < 1.29 is 22.8 Å². The number of nitrogens with zero attached hydrogens (tertiary/aromatic N) is 2. The molecule has 1 aliphatic heterocycles. The molecule has 0 spiro atoms. The molecule has 0 aromatic carbocycles. The number of aromatic nitrogens is 1. The molecule has 0 aliphatic carbocycles. The van der Waals surface area contributed by atoms with Crippen molar-refractivity contribution in [2.24, 2.45) is 5.92 Å². The molecule has 1 aliphatic rings. The Morgan fingerprint density at radius 1 is 1.45 bits per heavy atom. The maximum atomic E-state index is 12.3. The summed E-state index contributed by atoms with van der Waals surface area (Å²) in [5.41, 5.74) is 0. The number of hydrogen-bond acceptors (Lipinski definition) is 3. The average molecular weight is 287 g/mol. The number of likely N-dealkylation sites (tertiary alicyclic amines) is 1. The van der Waals surface area contributed by atoms with Crippen molar-refractivity contribution in [1.82, 2.24) is 9.88 Å². The molecule has 5 nitrogen and oxygen atoms in total. The van der Waals surface area contributed by atoms with E-state index in [9.17, 15) is 22.8 Å². The van der Waals surface area contributed by atoms with Crippen LogP contribution in [0.2, 0.25) is 0 Å². The fourth-order valence-electron chi connectivity index (χ4n) is 1.98. The van der Waals surface area contributed by atoms with E-state index in [4.69, 9.17) is 0 Å². The highest BCUT2D eigenvalue weighted by Crippen LogP contribution is 2.24. The third-order valence-corrected chi connectivity index (χ3v) is 2.87. The summed E-state index contributed by atoms with van der Waals surface area (Å²) in [6, 6.07) is 4.89. The van der Waals surface area contributed by atoms with Crippen LogP contribution in [-0.4, -0.2) is 41.0 Å². The fraction of sp³-hybridized carbons (Fsp3) is 0.417. The molecule has 0 radical (unpaired) electrons. The molecule has 8 heteroatoms. The van der Waals surface area contributed by atoms with Gasteiger partial charge in [-0.1, -0.05) is 6.07 Å². The van der Waals surface area contributed by atoms with Crippen molar-refractivity contribution in [3.8, 4) is 0 Å². The number of hydrogen-bond donors (Lipinski definition) is 1. The van der Waals surface area contributed by atoms with Crippen LogP contribution in [0.1, 0.15) is 6.42 Å². The molecule has 108 valence electrons. The second kappa shape index (κ2) is 5.48. The molecule has 0 saturated carbocycles. The zero-order chi connectivity index (χ0) is 14.8. The molecule has 1 N–H and O–H groups in total. The van der Waals surface area contributed by atoms with Gasteiger partial charge in [0.2, 0.25) is 11.8 Å². The first-order chi connectivity index (χ1) is 9.35. The minimum absolute atomic E-state index is 0.214. The van der Waals surface area contributed by atoms with Crippen molar-refractivity contribution in [2.45, 2.75) is 12.6 Å². The summed E-state index contributed by atoms with van der Waals surface area (Å²) >= 11 is 0. The van der Waals surface area contributed by atoms with Crippen LogP contribution in [-0.2, 0) is 9.59 Å². The molecule has 1 aromatic heterocycles. The van der Waals surface area contributed by atoms with Crippen LogP contribution in [0.15, 0.2) is 24.4 Å². The Morgan fingerprint density at radius 2 is 2.20 bits per heavy atom. The van der Waals surface area contributed by atoms with E-state index in [2.05, 4.69) is 10.3 Å². The smallest absolute Gasteiger partial charge is 0.333 e. The Labute approximate surface area is 112 Å². The van der Waals surface area contributed by atoms with E-state index in [1.807, 2.05) is 0 Å². The van der Waals surface area contributed by atoms with Crippen LogP contribution < -0.4 is 5.32 Å². The maximum absolute atomic E-state index is 12.3. The quantitative estimate of drug-likeness (QED) is 0.914. The van der Waals surface area contributed by atoms with Crippen molar-refractivity contribution in [3.63, 3.8) is 0 Å². The molecule has 2 amide bonds. The lowest BCUT2D eigenvalue weighted by atomic mass is 10.1. The summed E-state index contributed by atoms with van der Waals surface area (Å²) in [5.74, 6) is -1.64. The van der Waals surface area contributed by atoms with Gasteiger partial charge in [0.15, 0.2) is 0 Å². The van der Waals surface area contributed by atoms with Gasteiger partial charge in [-0.05, 0) is 12.1 Å². The third kappa shape index (κ3) is 3.69. The number of carbonyl (C=O) groups excluding carboxylic acids is 2. The highest BCUT2D eigenvalue weighted by Gasteiger charge is 2.40. The van der Waals surface area contributed by atoms with Crippen LogP contribution in [0.4, 0.5) is 19.0 Å². The zero-order valence-electron chi connectivity index (χ0n) is 10.4. The maximum Gasteiger partial charge on any atom is 0.406 e. The van der Waals surface area contributed by atoms with Crippen LogP contribution in [0.25, 0.3) is 0 Å². The molecule has 1 atom stereocenters. The van der Waals surface area contributed by atoms with E-state index in [1.54, 1.807) is 18.2 Å². The lowest BCUT2D eigenvalue weighted by Gasteiger charge is -2.18. The van der Waals surface area contributed by atoms with Gasteiger partial charge >= 0.3 is 6.18 Å². The van der Waals surface area contributed by atoms with Gasteiger partial charge < -0.3 is 10.2 Å². The van der Waals surface area contributed by atoms with E-state index in [0.717, 1.165) is 0 Å². The van der Waals surface area contributed by atoms with Crippen LogP contribution in [0.3, 0.4) is 0 Å². The van der Waals surface area contributed by atoms with Gasteiger partial charge in [0.05, 0.1) is 5.92 Å². The van der Waals surface area contributed by atoms with Crippen molar-refractivity contribution >= 4 is 17.6 Å². The summed E-state index contributed by atoms with van der Waals surface area (Å²) in [4.78, 5) is 27.8.